The predicted molar refractivity (Wildman–Crippen MR) is 40.9 cm³/mol. The summed E-state index contributed by atoms with van der Waals surface area (Å²) in [6.07, 6.45) is 0. The molecule has 0 aromatic rings. The SMILES string of the molecule is CC(=O)O.N.OCC(Cl)Cl. The molecule has 0 amide bonds. The Labute approximate surface area is 69.3 Å². The average Bonchev–Trinajstić information content (AvgIpc) is 1.65. The fourth-order valence-corrected chi connectivity index (χ4v) is 0. The molecule has 5 N–H and O–H groups in total. The first-order valence-corrected chi connectivity index (χ1v) is 2.96. The van der Waals surface area contributed by atoms with Gasteiger partial charge in [0.2, 0.25) is 0 Å². The molecule has 0 aliphatic heterocycles. The van der Waals surface area contributed by atoms with Crippen molar-refractivity contribution in [3.8, 4) is 0 Å². The molecular weight excluding hydrogens is 181 g/mol. The minimum atomic E-state index is -0.833. The number of carboxylic acids is 1. The van der Waals surface area contributed by atoms with E-state index in [0.717, 1.165) is 6.92 Å². The molecule has 64 valence electrons. The van der Waals surface area contributed by atoms with E-state index in [1.54, 1.807) is 0 Å². The molecule has 0 aliphatic rings. The summed E-state index contributed by atoms with van der Waals surface area (Å²) in [5.74, 6) is -0.833. The molecular formula is C4H11Cl2NO3. The van der Waals surface area contributed by atoms with Crippen molar-refractivity contribution in [3.63, 3.8) is 0 Å². The van der Waals surface area contributed by atoms with Crippen LogP contribution in [0.1, 0.15) is 6.92 Å². The summed E-state index contributed by atoms with van der Waals surface area (Å²) in [4.78, 5) is 8.38. The van der Waals surface area contributed by atoms with Crippen LogP contribution in [0.5, 0.6) is 0 Å². The van der Waals surface area contributed by atoms with Gasteiger partial charge < -0.3 is 16.4 Å². The smallest absolute Gasteiger partial charge is 0.300 e. The van der Waals surface area contributed by atoms with Crippen LogP contribution in [0.2, 0.25) is 0 Å². The van der Waals surface area contributed by atoms with E-state index in [9.17, 15) is 0 Å². The van der Waals surface area contributed by atoms with Gasteiger partial charge in [-0.15, -0.1) is 23.2 Å². The Morgan fingerprint density at radius 3 is 1.70 bits per heavy atom. The molecule has 0 spiro atoms. The normalized spacial score (nSPS) is 7.30. The number of aliphatic carboxylic acids is 1. The van der Waals surface area contributed by atoms with Gasteiger partial charge in [-0.05, 0) is 0 Å². The Hall–Kier alpha value is -0.0300. The number of alkyl halides is 2. The van der Waals surface area contributed by atoms with E-state index in [2.05, 4.69) is 0 Å². The van der Waals surface area contributed by atoms with Gasteiger partial charge in [0.1, 0.15) is 4.84 Å². The number of aliphatic hydroxyl groups excluding tert-OH is 1. The second-order valence-corrected chi connectivity index (χ2v) is 2.37. The molecule has 0 unspecified atom stereocenters. The summed E-state index contributed by atoms with van der Waals surface area (Å²) in [5, 5.41) is 15.3. The van der Waals surface area contributed by atoms with Gasteiger partial charge in [-0.2, -0.15) is 0 Å². The first kappa shape index (κ1) is 16.5. The Bertz CT molecular complexity index is 74.9. The van der Waals surface area contributed by atoms with Gasteiger partial charge in [-0.1, -0.05) is 0 Å². The van der Waals surface area contributed by atoms with Gasteiger partial charge in [0.15, 0.2) is 0 Å². The van der Waals surface area contributed by atoms with Crippen LogP contribution in [-0.2, 0) is 4.79 Å². The number of hydrogen-bond acceptors (Lipinski definition) is 3. The average molecular weight is 192 g/mol. The quantitative estimate of drug-likeness (QED) is 0.541. The highest BCUT2D eigenvalue weighted by Gasteiger charge is 1.88. The first-order valence-electron chi connectivity index (χ1n) is 2.09. The van der Waals surface area contributed by atoms with Gasteiger partial charge in [-0.3, -0.25) is 4.79 Å². The molecule has 6 heteroatoms. The van der Waals surface area contributed by atoms with E-state index in [-0.39, 0.29) is 12.8 Å². The van der Waals surface area contributed by atoms with E-state index in [1.165, 1.54) is 0 Å². The lowest BCUT2D eigenvalue weighted by Gasteiger charge is -1.84. The molecule has 0 heterocycles. The van der Waals surface area contributed by atoms with Crippen LogP contribution in [0.4, 0.5) is 0 Å². The van der Waals surface area contributed by atoms with Crippen molar-refractivity contribution in [3.05, 3.63) is 0 Å². The van der Waals surface area contributed by atoms with E-state index >= 15 is 0 Å². The Morgan fingerprint density at radius 1 is 1.60 bits per heavy atom. The van der Waals surface area contributed by atoms with E-state index in [4.69, 9.17) is 38.2 Å². The lowest BCUT2D eigenvalue weighted by Crippen LogP contribution is -1.90. The maximum Gasteiger partial charge on any atom is 0.300 e. The summed E-state index contributed by atoms with van der Waals surface area (Å²) in [7, 11) is 0. The lowest BCUT2D eigenvalue weighted by molar-refractivity contribution is -0.134. The standard InChI is InChI=1S/C2H4Cl2O.C2H4O2.H3N/c3-2(4)1-5;1-2(3)4;/h2,5H,1H2;1H3,(H,3,4);1H3. The number of rotatable bonds is 1. The van der Waals surface area contributed by atoms with Gasteiger partial charge in [0, 0.05) is 6.92 Å². The Kier molecular flexibility index (Phi) is 19.4. The fourth-order valence-electron chi connectivity index (χ4n) is 0. The van der Waals surface area contributed by atoms with Crippen molar-refractivity contribution in [2.75, 3.05) is 6.61 Å². The van der Waals surface area contributed by atoms with Crippen LogP contribution in [0, 0.1) is 0 Å². The molecule has 0 saturated heterocycles. The molecule has 4 nitrogen and oxygen atoms in total. The molecule has 10 heavy (non-hydrogen) atoms. The minimum Gasteiger partial charge on any atom is -0.481 e. The van der Waals surface area contributed by atoms with Crippen molar-refractivity contribution >= 4 is 29.2 Å². The predicted octanol–water partition coefficient (Wildman–Crippen LogP) is 1.04. The topological polar surface area (TPSA) is 92.5 Å². The molecule has 0 radical (unpaired) electrons. The third-order valence-electron chi connectivity index (χ3n) is 0.138. The third kappa shape index (κ3) is 99.8. The zero-order valence-electron chi connectivity index (χ0n) is 5.55. The highest BCUT2D eigenvalue weighted by atomic mass is 35.5. The maximum absolute atomic E-state index is 9.00. The summed E-state index contributed by atoms with van der Waals surface area (Å²) in [5.41, 5.74) is 0. The molecule has 0 saturated carbocycles. The molecule has 0 fully saturated rings. The van der Waals surface area contributed by atoms with E-state index in [1.807, 2.05) is 0 Å². The molecule has 0 rings (SSSR count). The van der Waals surface area contributed by atoms with Crippen LogP contribution < -0.4 is 6.15 Å². The number of carbonyl (C=O) groups is 1. The number of halogens is 2. The van der Waals surface area contributed by atoms with Crippen molar-refractivity contribution in [1.29, 1.82) is 0 Å². The Balaban J connectivity index is -0.0000000910. The van der Waals surface area contributed by atoms with Gasteiger partial charge >= 0.3 is 0 Å². The molecule has 0 bridgehead atoms. The van der Waals surface area contributed by atoms with Gasteiger partial charge in [0.05, 0.1) is 6.61 Å². The zero-order chi connectivity index (χ0) is 7.86. The van der Waals surface area contributed by atoms with Crippen LogP contribution in [0.3, 0.4) is 0 Å². The second kappa shape index (κ2) is 11.7. The highest BCUT2D eigenvalue weighted by Crippen LogP contribution is 1.96. The number of hydrogen-bond donors (Lipinski definition) is 3. The molecule has 0 aromatic heterocycles. The van der Waals surface area contributed by atoms with Crippen LogP contribution in [0.25, 0.3) is 0 Å². The van der Waals surface area contributed by atoms with Crippen LogP contribution >= 0.6 is 23.2 Å². The summed E-state index contributed by atoms with van der Waals surface area (Å²) in [6.45, 7) is 0.920. The van der Waals surface area contributed by atoms with E-state index < -0.39 is 10.8 Å². The van der Waals surface area contributed by atoms with Crippen molar-refractivity contribution in [2.45, 2.75) is 11.8 Å². The molecule has 0 aromatic carbocycles. The van der Waals surface area contributed by atoms with Crippen molar-refractivity contribution in [1.82, 2.24) is 6.15 Å². The first-order chi connectivity index (χ1) is 4.00. The second-order valence-electron chi connectivity index (χ2n) is 1.09. The lowest BCUT2D eigenvalue weighted by atomic mass is 10.9. The zero-order valence-corrected chi connectivity index (χ0v) is 7.06. The largest absolute Gasteiger partial charge is 0.481 e. The highest BCUT2D eigenvalue weighted by molar-refractivity contribution is 6.44. The van der Waals surface area contributed by atoms with Gasteiger partial charge in [-0.25, -0.2) is 0 Å². The maximum atomic E-state index is 9.00. The number of carboxylic acid groups (broad SMARTS) is 1. The van der Waals surface area contributed by atoms with Crippen LogP contribution in [0.15, 0.2) is 0 Å². The van der Waals surface area contributed by atoms with Gasteiger partial charge in [0.25, 0.3) is 5.97 Å². The van der Waals surface area contributed by atoms with E-state index in [0.29, 0.717) is 0 Å². The van der Waals surface area contributed by atoms with Crippen molar-refractivity contribution in [2.24, 2.45) is 0 Å². The summed E-state index contributed by atoms with van der Waals surface area (Å²) >= 11 is 9.96. The Morgan fingerprint density at radius 2 is 1.70 bits per heavy atom. The third-order valence-corrected chi connectivity index (χ3v) is 0.414. The molecule has 0 atom stereocenters. The minimum absolute atomic E-state index is 0. The fraction of sp³-hybridized carbons (Fsp3) is 0.750. The monoisotopic (exact) mass is 191 g/mol. The van der Waals surface area contributed by atoms with Crippen LogP contribution in [-0.4, -0.2) is 27.6 Å². The summed E-state index contributed by atoms with van der Waals surface area (Å²) < 4.78 is 0. The molecule has 0 aliphatic carbocycles. The summed E-state index contributed by atoms with van der Waals surface area (Å²) in [6, 6.07) is 0. The number of aliphatic hydroxyl groups is 1. The van der Waals surface area contributed by atoms with Crippen molar-refractivity contribution < 1.29 is 15.0 Å².